The van der Waals surface area contributed by atoms with E-state index >= 15 is 0 Å². The van der Waals surface area contributed by atoms with Crippen molar-refractivity contribution < 1.29 is 4.39 Å². The van der Waals surface area contributed by atoms with Gasteiger partial charge >= 0.3 is 0 Å². The number of nitrogens with zero attached hydrogens (tertiary/aromatic N) is 1. The summed E-state index contributed by atoms with van der Waals surface area (Å²) >= 11 is 0. The molecule has 2 heteroatoms. The molecule has 148 valence electrons. The zero-order chi connectivity index (χ0) is 19.2. The number of piperidine rings is 1. The van der Waals surface area contributed by atoms with Crippen LogP contribution in [0.4, 0.5) is 4.39 Å². The van der Waals surface area contributed by atoms with Gasteiger partial charge in [-0.25, -0.2) is 4.39 Å². The van der Waals surface area contributed by atoms with Crippen LogP contribution in [0.5, 0.6) is 0 Å². The van der Waals surface area contributed by atoms with Crippen LogP contribution >= 0.6 is 0 Å². The number of rotatable bonds is 4. The van der Waals surface area contributed by atoms with Gasteiger partial charge in [0.25, 0.3) is 0 Å². The monoisotopic (exact) mass is 369 g/mol. The topological polar surface area (TPSA) is 3.24 Å². The van der Waals surface area contributed by atoms with Crippen LogP contribution in [0, 0.1) is 22.6 Å². The van der Waals surface area contributed by atoms with Crippen LogP contribution in [0.3, 0.4) is 0 Å². The van der Waals surface area contributed by atoms with Gasteiger partial charge in [-0.05, 0) is 103 Å². The van der Waals surface area contributed by atoms with Crippen molar-refractivity contribution in [3.63, 3.8) is 0 Å². The summed E-state index contributed by atoms with van der Waals surface area (Å²) in [6.07, 6.45) is 9.96. The van der Waals surface area contributed by atoms with E-state index in [1.54, 1.807) is 6.07 Å². The number of allylic oxidation sites excluding steroid dienone is 2. The van der Waals surface area contributed by atoms with Crippen molar-refractivity contribution in [1.82, 2.24) is 4.90 Å². The Bertz CT molecular complexity index is 718. The highest BCUT2D eigenvalue weighted by Crippen LogP contribution is 2.49. The Morgan fingerprint density at radius 3 is 2.37 bits per heavy atom. The van der Waals surface area contributed by atoms with Gasteiger partial charge in [0.05, 0.1) is 0 Å². The maximum absolute atomic E-state index is 14.2. The molecule has 0 bridgehead atoms. The van der Waals surface area contributed by atoms with Gasteiger partial charge in [0.15, 0.2) is 0 Å². The van der Waals surface area contributed by atoms with Gasteiger partial charge < -0.3 is 4.90 Å². The second-order valence-electron chi connectivity index (χ2n) is 10.9. The zero-order valence-corrected chi connectivity index (χ0v) is 17.7. The average Bonchev–Trinajstić information content (AvgIpc) is 3.36. The average molecular weight is 370 g/mol. The molecule has 0 amide bonds. The summed E-state index contributed by atoms with van der Waals surface area (Å²) in [4.78, 5) is 2.64. The van der Waals surface area contributed by atoms with Gasteiger partial charge in [0.2, 0.25) is 0 Å². The molecule has 0 N–H and O–H groups in total. The van der Waals surface area contributed by atoms with Crippen LogP contribution in [-0.2, 0) is 0 Å². The zero-order valence-electron chi connectivity index (χ0n) is 17.7. The molecule has 1 heterocycles. The lowest BCUT2D eigenvalue weighted by molar-refractivity contribution is 0.204. The summed E-state index contributed by atoms with van der Waals surface area (Å²) in [5, 5.41) is 0. The molecule has 4 rings (SSSR count). The fraction of sp³-hybridized carbons (Fsp3) is 0.680. The van der Waals surface area contributed by atoms with E-state index in [2.05, 4.69) is 44.7 Å². The van der Waals surface area contributed by atoms with E-state index in [1.165, 1.54) is 68.4 Å². The van der Waals surface area contributed by atoms with Gasteiger partial charge in [-0.15, -0.1) is 0 Å². The lowest BCUT2D eigenvalue weighted by Crippen LogP contribution is -2.34. The Morgan fingerprint density at radius 2 is 1.74 bits per heavy atom. The first-order valence-electron chi connectivity index (χ1n) is 10.9. The minimum absolute atomic E-state index is 0.0795. The summed E-state index contributed by atoms with van der Waals surface area (Å²) in [6.45, 7) is 13.1. The first kappa shape index (κ1) is 19.2. The van der Waals surface area contributed by atoms with Gasteiger partial charge in [-0.1, -0.05) is 39.8 Å². The molecule has 1 aromatic rings. The van der Waals surface area contributed by atoms with E-state index in [1.807, 2.05) is 6.07 Å². The number of hydrogen-bond donors (Lipinski definition) is 0. The van der Waals surface area contributed by atoms with Gasteiger partial charge in [0, 0.05) is 6.54 Å². The fourth-order valence-electron chi connectivity index (χ4n) is 5.81. The number of likely N-dealkylation sites (tertiary alicyclic amines) is 1. The largest absolute Gasteiger partial charge is 0.303 e. The smallest absolute Gasteiger partial charge is 0.123 e. The van der Waals surface area contributed by atoms with Crippen LogP contribution in [0.25, 0.3) is 5.57 Å². The van der Waals surface area contributed by atoms with Crippen molar-refractivity contribution in [2.75, 3.05) is 19.6 Å². The molecule has 2 aliphatic carbocycles. The maximum atomic E-state index is 14.2. The number of hydrogen-bond acceptors (Lipinski definition) is 1. The molecule has 0 radical (unpaired) electrons. The molecule has 1 saturated carbocycles. The Labute approximate surface area is 165 Å². The summed E-state index contributed by atoms with van der Waals surface area (Å²) in [5.41, 5.74) is 4.52. The first-order chi connectivity index (χ1) is 12.7. The predicted molar refractivity (Wildman–Crippen MR) is 112 cm³/mol. The van der Waals surface area contributed by atoms with Crippen molar-refractivity contribution in [1.29, 1.82) is 0 Å². The summed E-state index contributed by atoms with van der Waals surface area (Å²) in [5.74, 6) is 1.38. The standard InChI is InChI=1S/C25H36FN/c1-24(2)14-20(15-25(3,4)17-24)22-8-7-21(26)13-23(22)19-9-11-27(12-10-19)16-18-5-6-18/h7-8,13-14,18-19H,5-6,9-12,15-17H2,1-4H3. The quantitative estimate of drug-likeness (QED) is 0.574. The van der Waals surface area contributed by atoms with Crippen LogP contribution in [-0.4, -0.2) is 24.5 Å². The third-order valence-corrected chi connectivity index (χ3v) is 6.77. The van der Waals surface area contributed by atoms with Crippen LogP contribution in [0.1, 0.15) is 83.3 Å². The van der Waals surface area contributed by atoms with Crippen molar-refractivity contribution in [2.45, 2.75) is 72.1 Å². The predicted octanol–water partition coefficient (Wildman–Crippen LogP) is 6.64. The molecular weight excluding hydrogens is 333 g/mol. The van der Waals surface area contributed by atoms with Crippen molar-refractivity contribution in [3.05, 3.63) is 41.2 Å². The van der Waals surface area contributed by atoms with E-state index in [0.717, 1.165) is 12.3 Å². The molecule has 1 aromatic carbocycles. The molecule has 0 atom stereocenters. The van der Waals surface area contributed by atoms with E-state index in [4.69, 9.17) is 0 Å². The third-order valence-electron chi connectivity index (χ3n) is 6.77. The molecule has 1 saturated heterocycles. The Morgan fingerprint density at radius 1 is 1.04 bits per heavy atom. The minimum atomic E-state index is -0.0795. The van der Waals surface area contributed by atoms with Gasteiger partial charge in [0.1, 0.15) is 5.82 Å². The van der Waals surface area contributed by atoms with E-state index in [9.17, 15) is 4.39 Å². The first-order valence-corrected chi connectivity index (χ1v) is 10.9. The van der Waals surface area contributed by atoms with Crippen molar-refractivity contribution in [3.8, 4) is 0 Å². The third kappa shape index (κ3) is 4.65. The SMILES string of the molecule is CC1(C)C=C(c2ccc(F)cc2C2CCN(CC3CC3)CC2)CC(C)(C)C1. The molecule has 27 heavy (non-hydrogen) atoms. The number of benzene rings is 1. The minimum Gasteiger partial charge on any atom is -0.303 e. The Kier molecular flexibility index (Phi) is 4.99. The lowest BCUT2D eigenvalue weighted by Gasteiger charge is -2.40. The summed E-state index contributed by atoms with van der Waals surface area (Å²) in [7, 11) is 0. The van der Waals surface area contributed by atoms with E-state index in [0.29, 0.717) is 11.3 Å². The maximum Gasteiger partial charge on any atom is 0.123 e. The van der Waals surface area contributed by atoms with E-state index < -0.39 is 0 Å². The second kappa shape index (κ2) is 7.03. The highest BCUT2D eigenvalue weighted by Gasteiger charge is 2.35. The Hall–Kier alpha value is -1.15. The Balaban J connectivity index is 1.58. The summed E-state index contributed by atoms with van der Waals surface area (Å²) in [6, 6.07) is 5.56. The highest BCUT2D eigenvalue weighted by atomic mass is 19.1. The molecule has 3 aliphatic rings. The lowest BCUT2D eigenvalue weighted by atomic mass is 9.65. The molecule has 0 unspecified atom stereocenters. The van der Waals surface area contributed by atoms with E-state index in [-0.39, 0.29) is 11.2 Å². The fourth-order valence-corrected chi connectivity index (χ4v) is 5.81. The van der Waals surface area contributed by atoms with Gasteiger partial charge in [-0.2, -0.15) is 0 Å². The van der Waals surface area contributed by atoms with Crippen molar-refractivity contribution >= 4 is 5.57 Å². The van der Waals surface area contributed by atoms with Crippen LogP contribution in [0.2, 0.25) is 0 Å². The number of halogens is 1. The van der Waals surface area contributed by atoms with Crippen LogP contribution < -0.4 is 0 Å². The second-order valence-corrected chi connectivity index (χ2v) is 10.9. The molecule has 1 aliphatic heterocycles. The molecule has 2 fully saturated rings. The molecule has 0 spiro atoms. The summed E-state index contributed by atoms with van der Waals surface area (Å²) < 4.78 is 14.2. The van der Waals surface area contributed by atoms with Crippen molar-refractivity contribution in [2.24, 2.45) is 16.7 Å². The molecule has 0 aromatic heterocycles. The molecule has 1 nitrogen and oxygen atoms in total. The van der Waals surface area contributed by atoms with Crippen LogP contribution in [0.15, 0.2) is 24.3 Å². The molecular formula is C25H36FN. The van der Waals surface area contributed by atoms with Gasteiger partial charge in [-0.3, -0.25) is 0 Å². The normalized spacial score (nSPS) is 26.0. The highest BCUT2D eigenvalue weighted by molar-refractivity contribution is 5.71.